The first-order valence-corrected chi connectivity index (χ1v) is 6.91. The van der Waals surface area contributed by atoms with Gasteiger partial charge in [-0.25, -0.2) is 4.98 Å². The molecular weight excluding hydrogens is 300 g/mol. The lowest BCUT2D eigenvalue weighted by Crippen LogP contribution is -2.16. The molecule has 1 N–H and O–H groups in total. The van der Waals surface area contributed by atoms with Gasteiger partial charge in [-0.2, -0.15) is 0 Å². The van der Waals surface area contributed by atoms with Crippen molar-refractivity contribution in [3.05, 3.63) is 57.9 Å². The van der Waals surface area contributed by atoms with Crippen LogP contribution in [0.3, 0.4) is 0 Å². The monoisotopic (exact) mass is 312 g/mol. The zero-order chi connectivity index (χ0) is 16.6. The van der Waals surface area contributed by atoms with Gasteiger partial charge in [-0.15, -0.1) is 0 Å². The highest BCUT2D eigenvalue weighted by atomic mass is 16.6. The van der Waals surface area contributed by atoms with E-state index in [0.717, 1.165) is 12.2 Å². The molecule has 0 spiro atoms. The number of aromatic nitrogens is 2. The number of allylic oxidation sites excluding steroid dienone is 2. The van der Waals surface area contributed by atoms with Crippen molar-refractivity contribution in [2.24, 2.45) is 0 Å². The number of nitrogens with one attached hydrogen (secondary N) is 1. The molecule has 1 aromatic carbocycles. The quantitative estimate of drug-likeness (QED) is 0.684. The van der Waals surface area contributed by atoms with Crippen LogP contribution in [0, 0.1) is 10.1 Å². The number of fused-ring (bicyclic) bond motifs is 1. The predicted octanol–water partition coefficient (Wildman–Crippen LogP) is 2.15. The van der Waals surface area contributed by atoms with Crippen molar-refractivity contribution in [1.29, 1.82) is 0 Å². The molecule has 0 atom stereocenters. The molecule has 1 aliphatic carbocycles. The van der Waals surface area contributed by atoms with Gasteiger partial charge in [-0.05, 0) is 25.1 Å². The highest BCUT2D eigenvalue weighted by Gasteiger charge is 2.31. The lowest BCUT2D eigenvalue weighted by molar-refractivity contribution is -0.384. The van der Waals surface area contributed by atoms with Crippen LogP contribution in [0.5, 0.6) is 0 Å². The summed E-state index contributed by atoms with van der Waals surface area (Å²) in [6.07, 6.45) is 2.30. The fraction of sp³-hybridized carbons (Fsp3) is 0.133. The second kappa shape index (κ2) is 5.48. The lowest BCUT2D eigenvalue weighted by atomic mass is 10.1. The Kier molecular flexibility index (Phi) is 3.49. The number of nitro benzene ring substituents is 1. The van der Waals surface area contributed by atoms with Gasteiger partial charge < -0.3 is 5.32 Å². The molecule has 0 unspecified atom stereocenters. The summed E-state index contributed by atoms with van der Waals surface area (Å²) in [7, 11) is 0. The Bertz CT molecular complexity index is 866. The van der Waals surface area contributed by atoms with Crippen LogP contribution in [0.2, 0.25) is 0 Å². The van der Waals surface area contributed by atoms with Crippen LogP contribution in [-0.2, 0) is 0 Å². The third-order valence-electron chi connectivity index (χ3n) is 3.38. The second-order valence-electron chi connectivity index (χ2n) is 4.81. The Morgan fingerprint density at radius 1 is 1.22 bits per heavy atom. The molecule has 0 aliphatic heterocycles. The largest absolute Gasteiger partial charge is 0.356 e. The van der Waals surface area contributed by atoms with Crippen molar-refractivity contribution < 1.29 is 14.5 Å². The van der Waals surface area contributed by atoms with Gasteiger partial charge in [0.1, 0.15) is 17.1 Å². The standard InChI is InChI=1S/C15H12N4O4/c1-2-16-15-17-13-11(20)7-8-12(21)14(13)18(15)9-5-3-4-6-10(9)19(22)23/h3-8H,2H2,1H3,(H,16,17). The first-order valence-electron chi connectivity index (χ1n) is 6.91. The van der Waals surface area contributed by atoms with E-state index in [9.17, 15) is 19.7 Å². The van der Waals surface area contributed by atoms with Crippen LogP contribution in [0.25, 0.3) is 5.69 Å². The number of hydrogen-bond acceptors (Lipinski definition) is 6. The molecule has 1 heterocycles. The zero-order valence-corrected chi connectivity index (χ0v) is 12.1. The van der Waals surface area contributed by atoms with Gasteiger partial charge in [0.05, 0.1) is 4.92 Å². The third-order valence-corrected chi connectivity index (χ3v) is 3.38. The molecule has 0 fully saturated rings. The second-order valence-corrected chi connectivity index (χ2v) is 4.81. The summed E-state index contributed by atoms with van der Waals surface area (Å²) in [6, 6.07) is 6.00. The molecule has 0 saturated carbocycles. The Balaban J connectivity index is 2.34. The lowest BCUT2D eigenvalue weighted by Gasteiger charge is -2.12. The SMILES string of the molecule is CCNc1nc2c(n1-c1ccccc1[N+](=O)[O-])C(=O)C=CC2=O. The maximum Gasteiger partial charge on any atom is 0.293 e. The van der Waals surface area contributed by atoms with Gasteiger partial charge in [0.2, 0.25) is 17.5 Å². The number of nitro groups is 1. The van der Waals surface area contributed by atoms with Gasteiger partial charge >= 0.3 is 0 Å². The van der Waals surface area contributed by atoms with Crippen LogP contribution in [0.4, 0.5) is 11.6 Å². The fourth-order valence-electron chi connectivity index (χ4n) is 2.45. The summed E-state index contributed by atoms with van der Waals surface area (Å²) < 4.78 is 1.33. The number of imidazole rings is 1. The number of carbonyl (C=O) groups is 2. The highest BCUT2D eigenvalue weighted by Crippen LogP contribution is 2.31. The number of hydrogen-bond donors (Lipinski definition) is 1. The summed E-state index contributed by atoms with van der Waals surface area (Å²) in [5.41, 5.74) is 0.0228. The summed E-state index contributed by atoms with van der Waals surface area (Å²) >= 11 is 0. The van der Waals surface area contributed by atoms with Crippen molar-refractivity contribution in [2.75, 3.05) is 11.9 Å². The predicted molar refractivity (Wildman–Crippen MR) is 82.2 cm³/mol. The van der Waals surface area contributed by atoms with E-state index in [0.29, 0.717) is 6.54 Å². The van der Waals surface area contributed by atoms with E-state index < -0.39 is 16.5 Å². The molecule has 0 bridgehead atoms. The molecular formula is C15H12N4O4. The van der Waals surface area contributed by atoms with E-state index >= 15 is 0 Å². The molecule has 8 nitrogen and oxygen atoms in total. The third kappa shape index (κ3) is 2.30. The molecule has 3 rings (SSSR count). The Morgan fingerprint density at radius 2 is 1.91 bits per heavy atom. The van der Waals surface area contributed by atoms with E-state index in [1.807, 2.05) is 6.92 Å². The number of para-hydroxylation sites is 2. The topological polar surface area (TPSA) is 107 Å². The number of rotatable bonds is 4. The van der Waals surface area contributed by atoms with E-state index in [-0.39, 0.29) is 28.7 Å². The van der Waals surface area contributed by atoms with Gasteiger partial charge in [-0.1, -0.05) is 12.1 Å². The van der Waals surface area contributed by atoms with E-state index in [1.165, 1.54) is 22.8 Å². The average Bonchev–Trinajstić information content (AvgIpc) is 2.91. The summed E-state index contributed by atoms with van der Waals surface area (Å²) in [6.45, 7) is 2.30. The van der Waals surface area contributed by atoms with Gasteiger partial charge in [0.15, 0.2) is 0 Å². The van der Waals surface area contributed by atoms with Crippen molar-refractivity contribution >= 4 is 23.2 Å². The van der Waals surface area contributed by atoms with Crippen LogP contribution >= 0.6 is 0 Å². The highest BCUT2D eigenvalue weighted by molar-refractivity contribution is 6.21. The number of benzene rings is 1. The summed E-state index contributed by atoms with van der Waals surface area (Å²) in [4.78, 5) is 39.1. The van der Waals surface area contributed by atoms with E-state index in [4.69, 9.17) is 0 Å². The molecule has 23 heavy (non-hydrogen) atoms. The Morgan fingerprint density at radius 3 is 2.61 bits per heavy atom. The van der Waals surface area contributed by atoms with E-state index in [1.54, 1.807) is 6.07 Å². The minimum Gasteiger partial charge on any atom is -0.356 e. The normalized spacial score (nSPS) is 13.1. The summed E-state index contributed by atoms with van der Waals surface area (Å²) in [5, 5.41) is 14.2. The molecule has 0 radical (unpaired) electrons. The van der Waals surface area contributed by atoms with Crippen LogP contribution in [0.1, 0.15) is 27.9 Å². The number of nitrogens with zero attached hydrogens (tertiary/aromatic N) is 3. The average molecular weight is 312 g/mol. The first kappa shape index (κ1) is 14.6. The molecule has 0 amide bonds. The first-order chi connectivity index (χ1) is 11.0. The van der Waals surface area contributed by atoms with Crippen molar-refractivity contribution in [2.45, 2.75) is 6.92 Å². The Hall–Kier alpha value is -3.29. The van der Waals surface area contributed by atoms with Crippen LogP contribution in [0.15, 0.2) is 36.4 Å². The Labute approximate surface area is 130 Å². The van der Waals surface area contributed by atoms with Crippen molar-refractivity contribution in [3.8, 4) is 5.69 Å². The molecule has 8 heteroatoms. The van der Waals surface area contributed by atoms with Gasteiger partial charge in [0, 0.05) is 12.6 Å². The smallest absolute Gasteiger partial charge is 0.293 e. The summed E-state index contributed by atoms with van der Waals surface area (Å²) in [5.74, 6) is -0.609. The maximum atomic E-state index is 12.2. The van der Waals surface area contributed by atoms with Crippen molar-refractivity contribution in [1.82, 2.24) is 9.55 Å². The van der Waals surface area contributed by atoms with Crippen molar-refractivity contribution in [3.63, 3.8) is 0 Å². The molecule has 0 saturated heterocycles. The number of carbonyl (C=O) groups excluding carboxylic acids is 2. The van der Waals surface area contributed by atoms with Crippen LogP contribution in [-0.4, -0.2) is 32.6 Å². The number of anilines is 1. The van der Waals surface area contributed by atoms with Gasteiger partial charge in [-0.3, -0.25) is 24.3 Å². The maximum absolute atomic E-state index is 12.2. The molecule has 2 aromatic rings. The van der Waals surface area contributed by atoms with Gasteiger partial charge in [0.25, 0.3) is 5.69 Å². The van der Waals surface area contributed by atoms with E-state index in [2.05, 4.69) is 10.3 Å². The molecule has 1 aromatic heterocycles. The minimum absolute atomic E-state index is 0.00778. The number of ketones is 2. The zero-order valence-electron chi connectivity index (χ0n) is 12.1. The molecule has 1 aliphatic rings. The fourth-order valence-corrected chi connectivity index (χ4v) is 2.45. The molecule has 116 valence electrons. The van der Waals surface area contributed by atoms with Crippen LogP contribution < -0.4 is 5.32 Å². The minimum atomic E-state index is -0.539.